The van der Waals surface area contributed by atoms with Crippen molar-refractivity contribution in [3.8, 4) is 23.3 Å². The minimum Gasteiger partial charge on any atom is -0.457 e. The second-order valence-corrected chi connectivity index (χ2v) is 9.58. The van der Waals surface area contributed by atoms with E-state index in [-0.39, 0.29) is 6.09 Å². The molecule has 2 rings (SSSR count). The molecule has 0 aliphatic carbocycles. The maximum atomic E-state index is 12.7. The number of nitrogens with zero attached hydrogens (tertiary/aromatic N) is 2. The number of hydroxylamine groups is 1. The van der Waals surface area contributed by atoms with E-state index in [2.05, 4.69) is 32.0 Å². The van der Waals surface area contributed by atoms with Gasteiger partial charge >= 0.3 is 6.09 Å². The van der Waals surface area contributed by atoms with Crippen molar-refractivity contribution < 1.29 is 19.1 Å². The van der Waals surface area contributed by atoms with Gasteiger partial charge in [0, 0.05) is 24.9 Å². The number of nitriles is 1. The van der Waals surface area contributed by atoms with Crippen LogP contribution in [0.1, 0.15) is 59.1 Å². The molecule has 0 saturated carbocycles. The van der Waals surface area contributed by atoms with E-state index in [1.807, 2.05) is 45.0 Å². The van der Waals surface area contributed by atoms with Crippen LogP contribution in [0.4, 0.5) is 4.79 Å². The van der Waals surface area contributed by atoms with Crippen LogP contribution in [0.2, 0.25) is 0 Å². The SMILES string of the molecule is C=C(C)NOc1cc(Oc2ccc(CN(CCC(C)C)C(=O)OC(C)(C)C)cc2)ccc1C#N. The topological polar surface area (TPSA) is 83.8 Å². The van der Waals surface area contributed by atoms with Gasteiger partial charge in [-0.3, -0.25) is 0 Å². The van der Waals surface area contributed by atoms with Crippen molar-refractivity contribution in [3.05, 3.63) is 65.9 Å². The molecule has 0 fully saturated rings. The molecule has 0 saturated heterocycles. The molecule has 34 heavy (non-hydrogen) atoms. The van der Waals surface area contributed by atoms with E-state index >= 15 is 0 Å². The second-order valence-electron chi connectivity index (χ2n) is 9.58. The van der Waals surface area contributed by atoms with Gasteiger partial charge in [0.2, 0.25) is 0 Å². The molecule has 0 aliphatic rings. The normalized spacial score (nSPS) is 10.9. The number of hydrogen-bond acceptors (Lipinski definition) is 6. The lowest BCUT2D eigenvalue weighted by Gasteiger charge is -2.28. The summed E-state index contributed by atoms with van der Waals surface area (Å²) >= 11 is 0. The van der Waals surface area contributed by atoms with E-state index in [1.165, 1.54) is 0 Å². The van der Waals surface area contributed by atoms with Crippen LogP contribution in [-0.4, -0.2) is 23.1 Å². The molecule has 0 radical (unpaired) electrons. The lowest BCUT2D eigenvalue weighted by molar-refractivity contribution is 0.0226. The minimum absolute atomic E-state index is 0.318. The Morgan fingerprint density at radius 3 is 2.35 bits per heavy atom. The standard InChI is InChI=1S/C27H35N3O4/c1-19(2)14-15-30(26(31)33-27(5,6)7)18-21-8-11-23(12-9-21)32-24-13-10-22(17-28)25(16-24)34-29-20(3)4/h8-13,16,19,29H,3,14-15,18H2,1-2,4-7H3. The molecular formula is C27H35N3O4. The maximum absolute atomic E-state index is 12.7. The summed E-state index contributed by atoms with van der Waals surface area (Å²) in [5.41, 5.74) is 4.06. The predicted molar refractivity (Wildman–Crippen MR) is 132 cm³/mol. The number of ether oxygens (including phenoxy) is 2. The summed E-state index contributed by atoms with van der Waals surface area (Å²) in [5.74, 6) is 1.97. The van der Waals surface area contributed by atoms with Gasteiger partial charge in [0.05, 0.1) is 5.56 Å². The van der Waals surface area contributed by atoms with Crippen molar-refractivity contribution in [1.82, 2.24) is 10.4 Å². The Bertz CT molecular complexity index is 1020. The van der Waals surface area contributed by atoms with Crippen molar-refractivity contribution in [2.24, 2.45) is 5.92 Å². The van der Waals surface area contributed by atoms with Gasteiger partial charge < -0.3 is 19.2 Å². The summed E-state index contributed by atoms with van der Waals surface area (Å²) in [6.07, 6.45) is 0.575. The number of carbonyl (C=O) groups is 1. The average molecular weight is 466 g/mol. The predicted octanol–water partition coefficient (Wildman–Crippen LogP) is 6.55. The highest BCUT2D eigenvalue weighted by Crippen LogP contribution is 2.28. The highest BCUT2D eigenvalue weighted by Gasteiger charge is 2.22. The molecule has 1 N–H and O–H groups in total. The van der Waals surface area contributed by atoms with Gasteiger partial charge in [-0.25, -0.2) is 10.3 Å². The second kappa shape index (κ2) is 12.0. The highest BCUT2D eigenvalue weighted by atomic mass is 16.6. The van der Waals surface area contributed by atoms with Gasteiger partial charge in [0.1, 0.15) is 23.2 Å². The molecule has 0 bridgehead atoms. The number of hydrogen-bond donors (Lipinski definition) is 1. The van der Waals surface area contributed by atoms with Crippen LogP contribution in [0.25, 0.3) is 0 Å². The molecule has 0 unspecified atom stereocenters. The first-order valence-corrected chi connectivity index (χ1v) is 11.3. The fourth-order valence-electron chi connectivity index (χ4n) is 2.88. The Kier molecular flexibility index (Phi) is 9.37. The Hall–Kier alpha value is -3.66. The number of allylic oxidation sites excluding steroid dienone is 1. The molecule has 0 heterocycles. The summed E-state index contributed by atoms with van der Waals surface area (Å²) in [6, 6.07) is 14.6. The van der Waals surface area contributed by atoms with Crippen LogP contribution in [0, 0.1) is 17.2 Å². The zero-order chi connectivity index (χ0) is 25.3. The lowest BCUT2D eigenvalue weighted by atomic mass is 10.1. The first kappa shape index (κ1) is 26.6. The third-order valence-electron chi connectivity index (χ3n) is 4.57. The molecular weight excluding hydrogens is 430 g/mol. The zero-order valence-corrected chi connectivity index (χ0v) is 21.0. The van der Waals surface area contributed by atoms with E-state index in [0.29, 0.717) is 47.5 Å². The van der Waals surface area contributed by atoms with Crippen molar-refractivity contribution in [2.45, 2.75) is 60.1 Å². The van der Waals surface area contributed by atoms with E-state index in [0.717, 1.165) is 12.0 Å². The number of rotatable bonds is 10. The molecule has 2 aromatic rings. The Morgan fingerprint density at radius 2 is 1.79 bits per heavy atom. The van der Waals surface area contributed by atoms with Gasteiger partial charge in [-0.1, -0.05) is 32.6 Å². The summed E-state index contributed by atoms with van der Waals surface area (Å²) in [5, 5.41) is 9.28. The summed E-state index contributed by atoms with van der Waals surface area (Å²) in [7, 11) is 0. The van der Waals surface area contributed by atoms with Gasteiger partial charge in [0.15, 0.2) is 5.75 Å². The Balaban J connectivity index is 2.10. The molecule has 0 aromatic heterocycles. The van der Waals surface area contributed by atoms with Crippen molar-refractivity contribution in [1.29, 1.82) is 5.26 Å². The summed E-state index contributed by atoms with van der Waals surface area (Å²) in [6.45, 7) is 16.4. The molecule has 1 amide bonds. The fraction of sp³-hybridized carbons (Fsp3) is 0.407. The molecule has 0 atom stereocenters. The van der Waals surface area contributed by atoms with E-state index < -0.39 is 5.60 Å². The van der Waals surface area contributed by atoms with Crippen LogP contribution in [0.3, 0.4) is 0 Å². The first-order valence-electron chi connectivity index (χ1n) is 11.3. The largest absolute Gasteiger partial charge is 0.457 e. The Morgan fingerprint density at radius 1 is 1.15 bits per heavy atom. The molecule has 2 aromatic carbocycles. The van der Waals surface area contributed by atoms with Gasteiger partial charge in [0.25, 0.3) is 0 Å². The van der Waals surface area contributed by atoms with Crippen molar-refractivity contribution >= 4 is 6.09 Å². The molecule has 182 valence electrons. The van der Waals surface area contributed by atoms with Crippen LogP contribution in [0.15, 0.2) is 54.7 Å². The molecule has 7 heteroatoms. The number of benzene rings is 2. The molecule has 0 aliphatic heterocycles. The van der Waals surface area contributed by atoms with Crippen LogP contribution < -0.4 is 15.1 Å². The third kappa shape index (κ3) is 9.07. The summed E-state index contributed by atoms with van der Waals surface area (Å²) in [4.78, 5) is 19.9. The fourth-order valence-corrected chi connectivity index (χ4v) is 2.88. The number of amides is 1. The monoisotopic (exact) mass is 465 g/mol. The van der Waals surface area contributed by atoms with Gasteiger partial charge in [-0.05, 0) is 69.9 Å². The average Bonchev–Trinajstić information content (AvgIpc) is 2.75. The van der Waals surface area contributed by atoms with Crippen molar-refractivity contribution in [3.63, 3.8) is 0 Å². The van der Waals surface area contributed by atoms with Gasteiger partial charge in [-0.2, -0.15) is 5.26 Å². The molecule has 7 nitrogen and oxygen atoms in total. The van der Waals surface area contributed by atoms with E-state index in [9.17, 15) is 10.1 Å². The van der Waals surface area contributed by atoms with E-state index in [4.69, 9.17) is 14.3 Å². The smallest absolute Gasteiger partial charge is 0.410 e. The van der Waals surface area contributed by atoms with Gasteiger partial charge in [-0.15, -0.1) is 0 Å². The number of nitrogens with one attached hydrogen (secondary N) is 1. The van der Waals surface area contributed by atoms with E-state index in [1.54, 1.807) is 30.0 Å². The number of carbonyl (C=O) groups excluding carboxylic acids is 1. The van der Waals surface area contributed by atoms with Crippen LogP contribution in [0.5, 0.6) is 17.2 Å². The Labute approximate surface area is 202 Å². The first-order chi connectivity index (χ1) is 16.0. The van der Waals surface area contributed by atoms with Crippen LogP contribution in [-0.2, 0) is 11.3 Å². The zero-order valence-electron chi connectivity index (χ0n) is 21.0. The summed E-state index contributed by atoms with van der Waals surface area (Å²) < 4.78 is 11.5. The maximum Gasteiger partial charge on any atom is 0.410 e. The molecule has 0 spiro atoms. The quantitative estimate of drug-likeness (QED) is 0.401. The minimum atomic E-state index is -0.547. The third-order valence-corrected chi connectivity index (χ3v) is 4.57. The van der Waals surface area contributed by atoms with Crippen LogP contribution >= 0.6 is 0 Å². The lowest BCUT2D eigenvalue weighted by Crippen LogP contribution is -2.37. The highest BCUT2D eigenvalue weighted by molar-refractivity contribution is 5.68. The van der Waals surface area contributed by atoms with Crippen molar-refractivity contribution in [2.75, 3.05) is 6.54 Å².